The van der Waals surface area contributed by atoms with Crippen molar-refractivity contribution in [3.8, 4) is 0 Å². The van der Waals surface area contributed by atoms with Gasteiger partial charge in [0, 0.05) is 19.1 Å². The van der Waals surface area contributed by atoms with E-state index in [4.69, 9.17) is 0 Å². The van der Waals surface area contributed by atoms with Gasteiger partial charge in [-0.25, -0.2) is 13.2 Å². The first kappa shape index (κ1) is 12.6. The fraction of sp³-hybridized carbons (Fsp3) is 0.625. The van der Waals surface area contributed by atoms with Crippen LogP contribution in [-0.4, -0.2) is 42.8 Å². The summed E-state index contributed by atoms with van der Waals surface area (Å²) >= 11 is 0. The maximum atomic E-state index is 11.3. The average Bonchev–Trinajstić information content (AvgIpc) is 2.46. The molecule has 2 amide bonds. The molecule has 0 bridgehead atoms. The topological polar surface area (TPSA) is 97.8 Å². The molecule has 1 fully saturated rings. The minimum Gasteiger partial charge on any atom is -0.329 e. The third kappa shape index (κ3) is 2.57. The first-order valence-electron chi connectivity index (χ1n) is 4.50. The zero-order valence-corrected chi connectivity index (χ0v) is 9.61. The SMILES string of the molecule is CC(C(=O)ON1C(=O)CCC1=O)S(C)(=O)=O. The molecule has 0 aromatic rings. The van der Waals surface area contributed by atoms with E-state index >= 15 is 0 Å². The zero-order valence-electron chi connectivity index (χ0n) is 8.80. The highest BCUT2D eigenvalue weighted by Crippen LogP contribution is 2.13. The Kier molecular flexibility index (Phi) is 3.32. The van der Waals surface area contributed by atoms with E-state index in [1.54, 1.807) is 0 Å². The molecule has 7 nitrogen and oxygen atoms in total. The Morgan fingerprint density at radius 1 is 1.31 bits per heavy atom. The van der Waals surface area contributed by atoms with Gasteiger partial charge < -0.3 is 4.84 Å². The fourth-order valence-electron chi connectivity index (χ4n) is 0.997. The van der Waals surface area contributed by atoms with Crippen LogP contribution in [0.1, 0.15) is 19.8 Å². The normalized spacial score (nSPS) is 18.8. The molecule has 90 valence electrons. The predicted octanol–water partition coefficient (Wildman–Crippen LogP) is -0.973. The van der Waals surface area contributed by atoms with Crippen molar-refractivity contribution < 1.29 is 27.6 Å². The molecule has 0 aromatic heterocycles. The summed E-state index contributed by atoms with van der Waals surface area (Å²) in [5, 5.41) is -1.09. The molecule has 0 spiro atoms. The Hall–Kier alpha value is -1.44. The number of imide groups is 1. The molecule has 8 heteroatoms. The van der Waals surface area contributed by atoms with Crippen molar-refractivity contribution in [3.05, 3.63) is 0 Å². The Bertz CT molecular complexity index is 423. The van der Waals surface area contributed by atoms with Gasteiger partial charge in [-0.1, -0.05) is 0 Å². The number of hydroxylamine groups is 2. The number of sulfone groups is 1. The summed E-state index contributed by atoms with van der Waals surface area (Å²) in [5.41, 5.74) is 0. The van der Waals surface area contributed by atoms with Gasteiger partial charge in [-0.15, -0.1) is 5.06 Å². The number of carbonyl (C=O) groups is 3. The lowest BCUT2D eigenvalue weighted by Gasteiger charge is -2.15. The minimum atomic E-state index is -3.60. The van der Waals surface area contributed by atoms with Gasteiger partial charge in [-0.05, 0) is 6.92 Å². The molecule has 1 aliphatic rings. The van der Waals surface area contributed by atoms with Crippen molar-refractivity contribution in [1.29, 1.82) is 0 Å². The minimum absolute atomic E-state index is 0.0284. The lowest BCUT2D eigenvalue weighted by atomic mass is 10.4. The van der Waals surface area contributed by atoms with Crippen LogP contribution in [0.3, 0.4) is 0 Å². The van der Waals surface area contributed by atoms with E-state index in [-0.39, 0.29) is 12.8 Å². The van der Waals surface area contributed by atoms with Gasteiger partial charge in [0.05, 0.1) is 0 Å². The van der Waals surface area contributed by atoms with Crippen LogP contribution >= 0.6 is 0 Å². The molecule has 1 atom stereocenters. The highest BCUT2D eigenvalue weighted by molar-refractivity contribution is 7.92. The van der Waals surface area contributed by atoms with Crippen LogP contribution in [-0.2, 0) is 29.1 Å². The smallest absolute Gasteiger partial charge is 0.329 e. The maximum Gasteiger partial charge on any atom is 0.350 e. The molecule has 1 rings (SSSR count). The van der Waals surface area contributed by atoms with E-state index in [9.17, 15) is 22.8 Å². The van der Waals surface area contributed by atoms with E-state index in [0.29, 0.717) is 5.06 Å². The highest BCUT2D eigenvalue weighted by Gasteiger charge is 2.36. The molecular weight excluding hydrogens is 238 g/mol. The van der Waals surface area contributed by atoms with Crippen molar-refractivity contribution in [2.75, 3.05) is 6.26 Å². The second-order valence-electron chi connectivity index (χ2n) is 3.46. The van der Waals surface area contributed by atoms with Crippen LogP contribution < -0.4 is 0 Å². The van der Waals surface area contributed by atoms with Crippen LogP contribution in [0.25, 0.3) is 0 Å². The number of hydrogen-bond acceptors (Lipinski definition) is 6. The average molecular weight is 249 g/mol. The summed E-state index contributed by atoms with van der Waals surface area (Å²) in [6, 6.07) is 0. The third-order valence-corrected chi connectivity index (χ3v) is 3.64. The van der Waals surface area contributed by atoms with Crippen molar-refractivity contribution in [2.24, 2.45) is 0 Å². The number of rotatable bonds is 3. The number of hydrogen-bond donors (Lipinski definition) is 0. The van der Waals surface area contributed by atoms with Gasteiger partial charge in [-0.2, -0.15) is 0 Å². The first-order valence-corrected chi connectivity index (χ1v) is 6.45. The number of carbonyl (C=O) groups excluding carboxylic acids is 3. The van der Waals surface area contributed by atoms with Crippen LogP contribution in [0.4, 0.5) is 0 Å². The largest absolute Gasteiger partial charge is 0.350 e. The Labute approximate surface area is 92.2 Å². The van der Waals surface area contributed by atoms with Crippen molar-refractivity contribution in [2.45, 2.75) is 25.0 Å². The highest BCUT2D eigenvalue weighted by atomic mass is 32.2. The molecule has 0 radical (unpaired) electrons. The van der Waals surface area contributed by atoms with Crippen LogP contribution in [0.2, 0.25) is 0 Å². The summed E-state index contributed by atoms with van der Waals surface area (Å²) in [7, 11) is -3.60. The molecule has 16 heavy (non-hydrogen) atoms. The van der Waals surface area contributed by atoms with Gasteiger partial charge in [0.25, 0.3) is 11.8 Å². The fourth-order valence-corrected chi connectivity index (χ4v) is 1.39. The molecule has 1 unspecified atom stereocenters. The molecule has 0 aromatic carbocycles. The Balaban J connectivity index is 2.72. The molecule has 1 heterocycles. The van der Waals surface area contributed by atoms with Gasteiger partial charge in [0.1, 0.15) is 0 Å². The van der Waals surface area contributed by atoms with Gasteiger partial charge >= 0.3 is 5.97 Å². The third-order valence-electron chi connectivity index (χ3n) is 2.16. The number of amides is 2. The molecule has 1 aliphatic heterocycles. The van der Waals surface area contributed by atoms with E-state index in [0.717, 1.165) is 13.2 Å². The lowest BCUT2D eigenvalue weighted by molar-refractivity contribution is -0.196. The van der Waals surface area contributed by atoms with E-state index in [2.05, 4.69) is 4.84 Å². The van der Waals surface area contributed by atoms with Gasteiger partial charge in [0.15, 0.2) is 15.1 Å². The van der Waals surface area contributed by atoms with Crippen molar-refractivity contribution >= 4 is 27.6 Å². The lowest BCUT2D eigenvalue weighted by Crippen LogP contribution is -2.38. The molecule has 0 saturated carbocycles. The van der Waals surface area contributed by atoms with Crippen molar-refractivity contribution in [3.63, 3.8) is 0 Å². The Morgan fingerprint density at radius 2 is 1.75 bits per heavy atom. The van der Waals surface area contributed by atoms with Crippen LogP contribution in [0, 0.1) is 0 Å². The maximum absolute atomic E-state index is 11.3. The van der Waals surface area contributed by atoms with E-state index in [1.165, 1.54) is 0 Å². The Morgan fingerprint density at radius 3 is 2.12 bits per heavy atom. The summed E-state index contributed by atoms with van der Waals surface area (Å²) in [5.74, 6) is -2.41. The quantitative estimate of drug-likeness (QED) is 0.597. The monoisotopic (exact) mass is 249 g/mol. The van der Waals surface area contributed by atoms with E-state index < -0.39 is 32.9 Å². The zero-order chi connectivity index (χ0) is 12.5. The summed E-state index contributed by atoms with van der Waals surface area (Å²) in [6.07, 6.45) is 0.811. The summed E-state index contributed by atoms with van der Waals surface area (Å²) in [6.45, 7) is 1.13. The molecule has 0 aliphatic carbocycles. The van der Waals surface area contributed by atoms with Gasteiger partial charge in [-0.3, -0.25) is 9.59 Å². The second kappa shape index (κ2) is 4.20. The number of nitrogens with zero attached hydrogens (tertiary/aromatic N) is 1. The first-order chi connectivity index (χ1) is 7.23. The molecule has 0 N–H and O–H groups in total. The van der Waals surface area contributed by atoms with E-state index in [1.807, 2.05) is 0 Å². The molecule has 1 saturated heterocycles. The predicted molar refractivity (Wildman–Crippen MR) is 51.5 cm³/mol. The summed E-state index contributed by atoms with van der Waals surface area (Å²) < 4.78 is 22.0. The van der Waals surface area contributed by atoms with Crippen molar-refractivity contribution in [1.82, 2.24) is 5.06 Å². The standard InChI is InChI=1S/C8H11NO6S/c1-5(16(2,13)14)8(12)15-9-6(10)3-4-7(9)11/h5H,3-4H2,1-2H3. The van der Waals surface area contributed by atoms with Gasteiger partial charge in [0.2, 0.25) is 0 Å². The summed E-state index contributed by atoms with van der Waals surface area (Å²) in [4.78, 5) is 37.9. The second-order valence-corrected chi connectivity index (χ2v) is 5.83. The van der Waals surface area contributed by atoms with Crippen LogP contribution in [0.5, 0.6) is 0 Å². The molecular formula is C8H11NO6S. The van der Waals surface area contributed by atoms with Crippen LogP contribution in [0.15, 0.2) is 0 Å².